The summed E-state index contributed by atoms with van der Waals surface area (Å²) in [5.41, 5.74) is 0. The second-order valence-corrected chi connectivity index (χ2v) is 1.50. The highest BCUT2D eigenvalue weighted by Gasteiger charge is 1.39. The fourth-order valence-corrected chi connectivity index (χ4v) is 0. The van der Waals surface area contributed by atoms with Crippen molar-refractivity contribution in [3.8, 4) is 0 Å². The Labute approximate surface area is 44.9 Å². The van der Waals surface area contributed by atoms with Crippen LogP contribution in [0.3, 0.4) is 0 Å². The molecule has 0 aliphatic rings. The van der Waals surface area contributed by atoms with E-state index >= 15 is 0 Å². The maximum absolute atomic E-state index is 4.11. The van der Waals surface area contributed by atoms with Crippen molar-refractivity contribution in [3.63, 3.8) is 0 Å². The standard InChI is InChI=1S/C2H6Si.Cl2/c1-3-2;1-2/h1-2H3;. The average Bonchev–Trinajstić information content (AvgIpc) is 1.46. The summed E-state index contributed by atoms with van der Waals surface area (Å²) in [6.07, 6.45) is 0. The van der Waals surface area contributed by atoms with Crippen LogP contribution in [0.15, 0.2) is 0 Å². The molecule has 0 aliphatic heterocycles. The van der Waals surface area contributed by atoms with Gasteiger partial charge < -0.3 is 0 Å². The summed E-state index contributed by atoms with van der Waals surface area (Å²) < 4.78 is 0. The van der Waals surface area contributed by atoms with E-state index in [1.807, 2.05) is 0 Å². The summed E-state index contributed by atoms with van der Waals surface area (Å²) >= 11 is 0. The molecule has 0 saturated carbocycles. The van der Waals surface area contributed by atoms with Crippen molar-refractivity contribution in [2.45, 2.75) is 13.1 Å². The van der Waals surface area contributed by atoms with Gasteiger partial charge in [-0.15, -0.1) is 0 Å². The largest absolute Gasteiger partial charge is 0.0735 e. The Kier molecular flexibility index (Phi) is 39.6. The minimum absolute atomic E-state index is 1.08. The van der Waals surface area contributed by atoms with Crippen LogP contribution in [0.1, 0.15) is 0 Å². The van der Waals surface area contributed by atoms with Crippen LogP contribution >= 0.6 is 21.7 Å². The van der Waals surface area contributed by atoms with E-state index in [2.05, 4.69) is 34.8 Å². The third kappa shape index (κ3) is 59.1. The molecule has 0 heterocycles. The van der Waals surface area contributed by atoms with Gasteiger partial charge in [0.25, 0.3) is 0 Å². The molecule has 0 aromatic heterocycles. The van der Waals surface area contributed by atoms with Crippen molar-refractivity contribution in [2.24, 2.45) is 0 Å². The van der Waals surface area contributed by atoms with Gasteiger partial charge in [0.2, 0.25) is 0 Å². The highest BCUT2D eigenvalue weighted by atomic mass is 36.5. The van der Waals surface area contributed by atoms with Crippen molar-refractivity contribution >= 4 is 31.2 Å². The number of hydrogen-bond acceptors (Lipinski definition) is 0. The van der Waals surface area contributed by atoms with E-state index < -0.39 is 0 Å². The summed E-state index contributed by atoms with van der Waals surface area (Å²) in [6.45, 7) is 4.31. The lowest BCUT2D eigenvalue weighted by molar-refractivity contribution is 2.14. The molecule has 0 aromatic carbocycles. The molecular formula is C2H6Cl2Si. The summed E-state index contributed by atoms with van der Waals surface area (Å²) in [7, 11) is 9.31. The molecule has 0 N–H and O–H groups in total. The molecule has 2 radical (unpaired) electrons. The Balaban J connectivity index is 0. The van der Waals surface area contributed by atoms with Gasteiger partial charge in [0, 0.05) is 31.2 Å². The second-order valence-electron chi connectivity index (χ2n) is 0.500. The van der Waals surface area contributed by atoms with Gasteiger partial charge >= 0.3 is 0 Å². The van der Waals surface area contributed by atoms with Gasteiger partial charge in [-0.05, 0) is 0 Å². The molecule has 0 rings (SSSR count). The van der Waals surface area contributed by atoms with E-state index in [1.54, 1.807) is 0 Å². The highest BCUT2D eigenvalue weighted by Crippen LogP contribution is 1.69. The number of rotatable bonds is 0. The quantitative estimate of drug-likeness (QED) is 0.439. The Morgan fingerprint density at radius 2 is 1.20 bits per heavy atom. The van der Waals surface area contributed by atoms with E-state index in [0.717, 1.165) is 9.52 Å². The van der Waals surface area contributed by atoms with Crippen LogP contribution in [0, 0.1) is 0 Å². The first-order valence-electron chi connectivity index (χ1n) is 1.14. The molecule has 0 unspecified atom stereocenters. The lowest BCUT2D eigenvalue weighted by Crippen LogP contribution is -1.53. The van der Waals surface area contributed by atoms with E-state index in [4.69, 9.17) is 0 Å². The zero-order chi connectivity index (χ0) is 4.71. The lowest BCUT2D eigenvalue weighted by Gasteiger charge is -1.44. The molecule has 3 heteroatoms. The predicted molar refractivity (Wildman–Crippen MR) is 29.2 cm³/mol. The van der Waals surface area contributed by atoms with Crippen LogP contribution in [0.25, 0.3) is 0 Å². The molecule has 0 amide bonds. The Bertz CT molecular complexity index is 7.61. The zero-order valence-electron chi connectivity index (χ0n) is 3.26. The van der Waals surface area contributed by atoms with Gasteiger partial charge in [0.15, 0.2) is 0 Å². The molecular weight excluding hydrogens is 123 g/mol. The van der Waals surface area contributed by atoms with Gasteiger partial charge in [-0.3, -0.25) is 0 Å². The molecule has 0 bridgehead atoms. The SMILES string of the molecule is C[Si]C.ClCl. The predicted octanol–water partition coefficient (Wildman–Crippen LogP) is 2.17. The van der Waals surface area contributed by atoms with E-state index in [9.17, 15) is 0 Å². The van der Waals surface area contributed by atoms with E-state index in [-0.39, 0.29) is 0 Å². The Morgan fingerprint density at radius 1 is 1.20 bits per heavy atom. The summed E-state index contributed by atoms with van der Waals surface area (Å²) in [5, 5.41) is 0. The minimum atomic E-state index is 1.08. The third-order valence-corrected chi connectivity index (χ3v) is 0. The molecule has 0 nitrogen and oxygen atoms in total. The fourth-order valence-electron chi connectivity index (χ4n) is 0. The monoisotopic (exact) mass is 128 g/mol. The molecule has 0 aromatic rings. The maximum Gasteiger partial charge on any atom is 0.0307 e. The lowest BCUT2D eigenvalue weighted by atomic mass is 11.9. The molecule has 32 valence electrons. The van der Waals surface area contributed by atoms with Crippen molar-refractivity contribution in [2.75, 3.05) is 0 Å². The topological polar surface area (TPSA) is 0 Å². The Hall–Kier alpha value is 0.797. The van der Waals surface area contributed by atoms with Gasteiger partial charge in [-0.2, -0.15) is 0 Å². The zero-order valence-corrected chi connectivity index (χ0v) is 5.77. The van der Waals surface area contributed by atoms with E-state index in [1.165, 1.54) is 0 Å². The smallest absolute Gasteiger partial charge is 0.0307 e. The Morgan fingerprint density at radius 3 is 1.20 bits per heavy atom. The molecule has 0 spiro atoms. The van der Waals surface area contributed by atoms with Gasteiger partial charge in [0.1, 0.15) is 0 Å². The van der Waals surface area contributed by atoms with Gasteiger partial charge in [-0.1, -0.05) is 13.1 Å². The third-order valence-electron chi connectivity index (χ3n) is 0. The van der Waals surface area contributed by atoms with Crippen molar-refractivity contribution in [1.29, 1.82) is 0 Å². The van der Waals surface area contributed by atoms with Gasteiger partial charge in [0.05, 0.1) is 0 Å². The van der Waals surface area contributed by atoms with Crippen LogP contribution in [-0.2, 0) is 0 Å². The van der Waals surface area contributed by atoms with Crippen LogP contribution in [0.5, 0.6) is 0 Å². The van der Waals surface area contributed by atoms with Gasteiger partial charge in [-0.25, -0.2) is 0 Å². The van der Waals surface area contributed by atoms with Crippen molar-refractivity contribution in [1.82, 2.24) is 0 Å². The second kappa shape index (κ2) is 21.4. The molecule has 0 aliphatic carbocycles. The molecule has 0 atom stereocenters. The minimum Gasteiger partial charge on any atom is -0.0735 e. The molecule has 0 saturated heterocycles. The summed E-state index contributed by atoms with van der Waals surface area (Å²) in [4.78, 5) is 0. The van der Waals surface area contributed by atoms with Crippen molar-refractivity contribution in [3.05, 3.63) is 0 Å². The van der Waals surface area contributed by atoms with Crippen LogP contribution in [0.4, 0.5) is 0 Å². The first kappa shape index (κ1) is 9.25. The first-order valence-corrected chi connectivity index (χ1v) is 4.29. The fraction of sp³-hybridized carbons (Fsp3) is 1.00. The summed E-state index contributed by atoms with van der Waals surface area (Å²) in [6, 6.07) is 0. The normalized spacial score (nSPS) is 4.80. The maximum atomic E-state index is 4.11. The van der Waals surface area contributed by atoms with Crippen LogP contribution in [0.2, 0.25) is 13.1 Å². The highest BCUT2D eigenvalue weighted by molar-refractivity contribution is 6.85. The number of halogens is 2. The summed E-state index contributed by atoms with van der Waals surface area (Å²) in [5.74, 6) is 0. The average molecular weight is 129 g/mol. The van der Waals surface area contributed by atoms with Crippen molar-refractivity contribution < 1.29 is 0 Å². The van der Waals surface area contributed by atoms with Crippen LogP contribution in [-0.4, -0.2) is 9.52 Å². The first-order chi connectivity index (χ1) is 2.41. The molecule has 0 fully saturated rings. The van der Waals surface area contributed by atoms with E-state index in [0.29, 0.717) is 0 Å². The van der Waals surface area contributed by atoms with Crippen LogP contribution < -0.4 is 0 Å². The molecule has 5 heavy (non-hydrogen) atoms. The number of hydrogen-bond donors (Lipinski definition) is 0.